The summed E-state index contributed by atoms with van der Waals surface area (Å²) in [5.74, 6) is -1.01. The second-order valence-electron chi connectivity index (χ2n) is 5.49. The summed E-state index contributed by atoms with van der Waals surface area (Å²) in [6.07, 6.45) is 2.70. The molecule has 5 nitrogen and oxygen atoms in total. The van der Waals surface area contributed by atoms with E-state index >= 15 is 0 Å². The third-order valence-corrected chi connectivity index (χ3v) is 3.96. The van der Waals surface area contributed by atoms with Crippen LogP contribution < -0.4 is 9.47 Å². The summed E-state index contributed by atoms with van der Waals surface area (Å²) >= 11 is 5.98. The lowest BCUT2D eigenvalue weighted by Gasteiger charge is -2.06. The number of carbonyl (C=O) groups is 2. The molecule has 0 radical (unpaired) electrons. The van der Waals surface area contributed by atoms with Gasteiger partial charge in [0.2, 0.25) is 5.78 Å². The number of hydrogen-bond donors (Lipinski definition) is 0. The fraction of sp³-hybridized carbons (Fsp3) is 0.100. The third-order valence-electron chi connectivity index (χ3n) is 3.64. The van der Waals surface area contributed by atoms with Crippen LogP contribution in [0.4, 0.5) is 4.39 Å². The molecule has 1 heterocycles. The number of esters is 1. The van der Waals surface area contributed by atoms with E-state index in [1.165, 1.54) is 48.6 Å². The van der Waals surface area contributed by atoms with Crippen molar-refractivity contribution in [2.75, 3.05) is 13.2 Å². The zero-order valence-electron chi connectivity index (χ0n) is 14.0. The molecule has 0 aliphatic carbocycles. The van der Waals surface area contributed by atoms with Gasteiger partial charge in [-0.1, -0.05) is 30.3 Å². The van der Waals surface area contributed by atoms with Crippen molar-refractivity contribution in [3.8, 4) is 11.5 Å². The Morgan fingerprint density at radius 1 is 1.30 bits per heavy atom. The summed E-state index contributed by atoms with van der Waals surface area (Å²) < 4.78 is 29.6. The number of Topliss-reactive ketones (excluding diaryl/α,β-unsaturated/α-hetero) is 1. The zero-order valence-corrected chi connectivity index (χ0v) is 14.8. The maximum absolute atomic E-state index is 13.9. The molecule has 138 valence electrons. The van der Waals surface area contributed by atoms with Crippen molar-refractivity contribution in [3.05, 3.63) is 76.8 Å². The van der Waals surface area contributed by atoms with Crippen LogP contribution in [-0.4, -0.2) is 25.0 Å². The Bertz CT molecular complexity index is 931. The van der Waals surface area contributed by atoms with Gasteiger partial charge in [-0.15, -0.1) is 0 Å². The molecule has 0 saturated heterocycles. The lowest BCUT2D eigenvalue weighted by Crippen LogP contribution is -2.14. The van der Waals surface area contributed by atoms with E-state index < -0.39 is 17.6 Å². The summed E-state index contributed by atoms with van der Waals surface area (Å²) in [7, 11) is 0. The van der Waals surface area contributed by atoms with Gasteiger partial charge in [-0.05, 0) is 30.3 Å². The predicted molar refractivity (Wildman–Crippen MR) is 97.4 cm³/mol. The SMILES string of the molecule is C=CCOC(=O)COc1ccc2c(c1)O/C(=C\c1c(F)cccc1Cl)C2=O. The van der Waals surface area contributed by atoms with E-state index in [-0.39, 0.29) is 35.3 Å². The maximum atomic E-state index is 13.9. The number of benzene rings is 2. The summed E-state index contributed by atoms with van der Waals surface area (Å²) in [6.45, 7) is 3.24. The highest BCUT2D eigenvalue weighted by Gasteiger charge is 2.28. The molecule has 0 bridgehead atoms. The number of carbonyl (C=O) groups excluding carboxylic acids is 2. The number of rotatable bonds is 6. The Balaban J connectivity index is 1.76. The summed E-state index contributed by atoms with van der Waals surface area (Å²) in [5, 5.41) is 0.164. The van der Waals surface area contributed by atoms with Gasteiger partial charge in [0, 0.05) is 11.6 Å². The molecule has 0 N–H and O–H groups in total. The molecule has 0 spiro atoms. The summed E-state index contributed by atoms with van der Waals surface area (Å²) in [5.41, 5.74) is 0.368. The average Bonchev–Trinajstić information content (AvgIpc) is 2.96. The van der Waals surface area contributed by atoms with Crippen molar-refractivity contribution in [1.29, 1.82) is 0 Å². The molecule has 0 aromatic heterocycles. The highest BCUT2D eigenvalue weighted by atomic mass is 35.5. The molecule has 2 aromatic rings. The molecule has 1 aliphatic rings. The standard InChI is InChI=1S/C20H14ClFO5/c1-2-8-25-19(23)11-26-12-6-7-13-17(9-12)27-18(20(13)24)10-14-15(21)4-3-5-16(14)22/h2-7,9-10H,1,8,11H2/b18-10-. The first-order valence-corrected chi connectivity index (χ1v) is 8.29. The minimum atomic E-state index is -0.565. The fourth-order valence-electron chi connectivity index (χ4n) is 2.37. The van der Waals surface area contributed by atoms with Gasteiger partial charge in [-0.25, -0.2) is 9.18 Å². The van der Waals surface area contributed by atoms with E-state index in [2.05, 4.69) is 6.58 Å². The van der Waals surface area contributed by atoms with Gasteiger partial charge >= 0.3 is 5.97 Å². The number of hydrogen-bond acceptors (Lipinski definition) is 5. The molecule has 0 fully saturated rings. The Morgan fingerprint density at radius 2 is 2.11 bits per heavy atom. The first-order chi connectivity index (χ1) is 13.0. The van der Waals surface area contributed by atoms with E-state index in [4.69, 9.17) is 25.8 Å². The van der Waals surface area contributed by atoms with Crippen LogP contribution in [0.2, 0.25) is 5.02 Å². The normalized spacial score (nSPS) is 13.9. The first-order valence-electron chi connectivity index (χ1n) is 7.91. The highest BCUT2D eigenvalue weighted by Crippen LogP contribution is 2.35. The number of fused-ring (bicyclic) bond motifs is 1. The molecule has 0 saturated carbocycles. The third kappa shape index (κ3) is 4.17. The predicted octanol–water partition coefficient (Wildman–Crippen LogP) is 4.20. The van der Waals surface area contributed by atoms with Gasteiger partial charge in [0.15, 0.2) is 12.4 Å². The minimum absolute atomic E-state index is 0.0560. The quantitative estimate of drug-likeness (QED) is 0.421. The number of allylic oxidation sites excluding steroid dienone is 1. The van der Waals surface area contributed by atoms with Crippen molar-refractivity contribution in [3.63, 3.8) is 0 Å². The monoisotopic (exact) mass is 388 g/mol. The van der Waals surface area contributed by atoms with Crippen LogP contribution in [0.25, 0.3) is 6.08 Å². The molecule has 7 heteroatoms. The first kappa shape index (κ1) is 18.7. The van der Waals surface area contributed by atoms with E-state index in [1.54, 1.807) is 0 Å². The van der Waals surface area contributed by atoms with Crippen molar-refractivity contribution < 1.29 is 28.2 Å². The Hall–Kier alpha value is -3.12. The topological polar surface area (TPSA) is 61.8 Å². The summed E-state index contributed by atoms with van der Waals surface area (Å²) in [6, 6.07) is 8.72. The minimum Gasteiger partial charge on any atom is -0.482 e. The largest absolute Gasteiger partial charge is 0.482 e. The molecule has 0 atom stereocenters. The van der Waals surface area contributed by atoms with Crippen LogP contribution >= 0.6 is 11.6 Å². The Morgan fingerprint density at radius 3 is 2.85 bits per heavy atom. The molecular weight excluding hydrogens is 375 g/mol. The van der Waals surface area contributed by atoms with Crippen LogP contribution in [-0.2, 0) is 9.53 Å². The summed E-state index contributed by atoms with van der Waals surface area (Å²) in [4.78, 5) is 23.9. The number of halogens is 2. The Kier molecular flexibility index (Phi) is 5.57. The molecule has 3 rings (SSSR count). The van der Waals surface area contributed by atoms with Crippen molar-refractivity contribution in [2.45, 2.75) is 0 Å². The Labute approximate surface area is 159 Å². The van der Waals surface area contributed by atoms with Gasteiger partial charge in [-0.3, -0.25) is 4.79 Å². The molecular formula is C20H14ClFO5. The van der Waals surface area contributed by atoms with Crippen LogP contribution in [0.5, 0.6) is 11.5 Å². The van der Waals surface area contributed by atoms with Crippen LogP contribution in [0.15, 0.2) is 54.8 Å². The van der Waals surface area contributed by atoms with E-state index in [0.717, 1.165) is 0 Å². The maximum Gasteiger partial charge on any atom is 0.344 e. The van der Waals surface area contributed by atoms with Crippen molar-refractivity contribution >= 4 is 29.4 Å². The van der Waals surface area contributed by atoms with Gasteiger partial charge < -0.3 is 14.2 Å². The van der Waals surface area contributed by atoms with Crippen molar-refractivity contribution in [1.82, 2.24) is 0 Å². The van der Waals surface area contributed by atoms with Gasteiger partial charge in [-0.2, -0.15) is 0 Å². The van der Waals surface area contributed by atoms with Crippen LogP contribution in [0.1, 0.15) is 15.9 Å². The fourth-order valence-corrected chi connectivity index (χ4v) is 2.59. The smallest absolute Gasteiger partial charge is 0.344 e. The molecule has 2 aromatic carbocycles. The lowest BCUT2D eigenvalue weighted by atomic mass is 10.1. The van der Waals surface area contributed by atoms with Crippen LogP contribution in [0.3, 0.4) is 0 Å². The van der Waals surface area contributed by atoms with Crippen molar-refractivity contribution in [2.24, 2.45) is 0 Å². The molecule has 0 amide bonds. The van der Waals surface area contributed by atoms with Gasteiger partial charge in [0.25, 0.3) is 0 Å². The van der Waals surface area contributed by atoms with E-state index in [9.17, 15) is 14.0 Å². The van der Waals surface area contributed by atoms with E-state index in [0.29, 0.717) is 11.3 Å². The molecule has 0 unspecified atom stereocenters. The zero-order chi connectivity index (χ0) is 19.4. The number of ether oxygens (including phenoxy) is 3. The molecule has 27 heavy (non-hydrogen) atoms. The van der Waals surface area contributed by atoms with Crippen LogP contribution in [0, 0.1) is 5.82 Å². The second kappa shape index (κ2) is 8.05. The molecule has 1 aliphatic heterocycles. The lowest BCUT2D eigenvalue weighted by molar-refractivity contribution is -0.144. The van der Waals surface area contributed by atoms with Gasteiger partial charge in [0.05, 0.1) is 10.6 Å². The second-order valence-corrected chi connectivity index (χ2v) is 5.90. The highest BCUT2D eigenvalue weighted by molar-refractivity contribution is 6.32. The number of ketones is 1. The van der Waals surface area contributed by atoms with E-state index in [1.807, 2.05) is 0 Å². The van der Waals surface area contributed by atoms with Gasteiger partial charge in [0.1, 0.15) is 23.9 Å². The average molecular weight is 389 g/mol.